The van der Waals surface area contributed by atoms with E-state index in [9.17, 15) is 4.79 Å². The van der Waals surface area contributed by atoms with Gasteiger partial charge in [-0.3, -0.25) is 9.69 Å². The van der Waals surface area contributed by atoms with Crippen molar-refractivity contribution in [2.24, 2.45) is 5.92 Å². The molecule has 1 saturated heterocycles. The van der Waals surface area contributed by atoms with E-state index in [1.54, 1.807) is 7.05 Å². The number of likely N-dealkylation sites (tertiary alicyclic amines) is 1. The van der Waals surface area contributed by atoms with Gasteiger partial charge >= 0.3 is 0 Å². The molecule has 1 amide bonds. The molecule has 4 heteroatoms. The monoisotopic (exact) mass is 214 g/mol. The Labute approximate surface area is 91.6 Å². The van der Waals surface area contributed by atoms with E-state index in [0.717, 1.165) is 25.9 Å². The van der Waals surface area contributed by atoms with Crippen LogP contribution in [-0.4, -0.2) is 48.7 Å². The number of piperidine rings is 1. The number of aliphatic hydroxyl groups excluding tert-OH is 1. The number of carbonyl (C=O) groups excluding carboxylic acids is 1. The highest BCUT2D eigenvalue weighted by atomic mass is 16.3. The summed E-state index contributed by atoms with van der Waals surface area (Å²) in [6.45, 7) is 4.14. The number of aliphatic hydroxyl groups is 1. The minimum Gasteiger partial charge on any atom is -0.396 e. The SMILES string of the molecule is CNC(=O)C(C)N1CCCC(CCO)C1. The summed E-state index contributed by atoms with van der Waals surface area (Å²) in [6, 6.07) is -0.0449. The highest BCUT2D eigenvalue weighted by molar-refractivity contribution is 5.80. The number of likely N-dealkylation sites (N-methyl/N-ethyl adjacent to an activating group) is 1. The Kier molecular flexibility index (Phi) is 5.05. The first-order valence-electron chi connectivity index (χ1n) is 5.75. The number of hydrogen-bond donors (Lipinski definition) is 2. The topological polar surface area (TPSA) is 52.6 Å². The number of rotatable bonds is 4. The van der Waals surface area contributed by atoms with E-state index >= 15 is 0 Å². The normalized spacial score (nSPS) is 24.9. The molecule has 2 atom stereocenters. The van der Waals surface area contributed by atoms with Crippen molar-refractivity contribution in [3.8, 4) is 0 Å². The number of carbonyl (C=O) groups is 1. The molecule has 1 aliphatic heterocycles. The molecule has 0 saturated carbocycles. The summed E-state index contributed by atoms with van der Waals surface area (Å²) in [6.07, 6.45) is 3.17. The Morgan fingerprint density at radius 2 is 2.40 bits per heavy atom. The van der Waals surface area contributed by atoms with Crippen molar-refractivity contribution >= 4 is 5.91 Å². The lowest BCUT2D eigenvalue weighted by molar-refractivity contribution is -0.126. The van der Waals surface area contributed by atoms with Crippen LogP contribution in [0.25, 0.3) is 0 Å². The lowest BCUT2D eigenvalue weighted by Gasteiger charge is -2.35. The minimum atomic E-state index is -0.0449. The average Bonchev–Trinajstić information content (AvgIpc) is 2.28. The lowest BCUT2D eigenvalue weighted by Crippen LogP contribution is -2.48. The van der Waals surface area contributed by atoms with Crippen LogP contribution in [0.15, 0.2) is 0 Å². The second-order valence-electron chi connectivity index (χ2n) is 4.31. The molecule has 4 nitrogen and oxygen atoms in total. The van der Waals surface area contributed by atoms with E-state index in [-0.39, 0.29) is 18.6 Å². The summed E-state index contributed by atoms with van der Waals surface area (Å²) in [5.41, 5.74) is 0. The van der Waals surface area contributed by atoms with E-state index in [4.69, 9.17) is 5.11 Å². The third kappa shape index (κ3) is 3.47. The molecule has 1 aliphatic rings. The van der Waals surface area contributed by atoms with Gasteiger partial charge in [0, 0.05) is 20.2 Å². The van der Waals surface area contributed by atoms with Gasteiger partial charge in [0.25, 0.3) is 0 Å². The van der Waals surface area contributed by atoms with Crippen LogP contribution in [0, 0.1) is 5.92 Å². The van der Waals surface area contributed by atoms with E-state index in [1.165, 1.54) is 6.42 Å². The molecule has 0 bridgehead atoms. The maximum absolute atomic E-state index is 11.5. The average molecular weight is 214 g/mol. The number of amides is 1. The van der Waals surface area contributed by atoms with Gasteiger partial charge in [0.05, 0.1) is 6.04 Å². The maximum atomic E-state index is 11.5. The first kappa shape index (κ1) is 12.5. The van der Waals surface area contributed by atoms with Gasteiger partial charge in [-0.2, -0.15) is 0 Å². The van der Waals surface area contributed by atoms with Gasteiger partial charge in [0.15, 0.2) is 0 Å². The van der Waals surface area contributed by atoms with Crippen LogP contribution in [0.3, 0.4) is 0 Å². The molecule has 1 heterocycles. The summed E-state index contributed by atoms with van der Waals surface area (Å²) in [5, 5.41) is 11.6. The van der Waals surface area contributed by atoms with Crippen molar-refractivity contribution in [1.82, 2.24) is 10.2 Å². The zero-order chi connectivity index (χ0) is 11.3. The predicted octanol–water partition coefficient (Wildman–Crippen LogP) is 0.215. The molecule has 1 fully saturated rings. The fourth-order valence-electron chi connectivity index (χ4n) is 2.24. The highest BCUT2D eigenvalue weighted by Crippen LogP contribution is 2.20. The zero-order valence-corrected chi connectivity index (χ0v) is 9.70. The standard InChI is InChI=1S/C11H22N2O2/c1-9(11(15)12-2)13-6-3-4-10(8-13)5-7-14/h9-10,14H,3-8H2,1-2H3,(H,12,15). The summed E-state index contributed by atoms with van der Waals surface area (Å²) in [5.74, 6) is 0.635. The Morgan fingerprint density at radius 3 is 3.00 bits per heavy atom. The molecular weight excluding hydrogens is 192 g/mol. The molecule has 0 aliphatic carbocycles. The van der Waals surface area contributed by atoms with Crippen molar-refractivity contribution < 1.29 is 9.90 Å². The van der Waals surface area contributed by atoms with E-state index in [1.807, 2.05) is 6.92 Å². The molecule has 88 valence electrons. The molecule has 15 heavy (non-hydrogen) atoms. The van der Waals surface area contributed by atoms with Gasteiger partial charge in [-0.05, 0) is 38.6 Å². The lowest BCUT2D eigenvalue weighted by atomic mass is 9.94. The van der Waals surface area contributed by atoms with Crippen LogP contribution in [0.4, 0.5) is 0 Å². The summed E-state index contributed by atoms with van der Waals surface area (Å²) < 4.78 is 0. The van der Waals surface area contributed by atoms with E-state index in [0.29, 0.717) is 5.92 Å². The molecule has 0 aromatic heterocycles. The molecular formula is C11H22N2O2. The highest BCUT2D eigenvalue weighted by Gasteiger charge is 2.26. The first-order chi connectivity index (χ1) is 7.19. The zero-order valence-electron chi connectivity index (χ0n) is 9.70. The largest absolute Gasteiger partial charge is 0.396 e. The molecule has 2 unspecified atom stereocenters. The molecule has 0 radical (unpaired) electrons. The van der Waals surface area contributed by atoms with Gasteiger partial charge < -0.3 is 10.4 Å². The molecule has 1 rings (SSSR count). The summed E-state index contributed by atoms with van der Waals surface area (Å²) >= 11 is 0. The number of nitrogens with zero attached hydrogens (tertiary/aromatic N) is 1. The van der Waals surface area contributed by atoms with Crippen LogP contribution in [0.5, 0.6) is 0 Å². The second kappa shape index (κ2) is 6.08. The smallest absolute Gasteiger partial charge is 0.236 e. The number of hydrogen-bond acceptors (Lipinski definition) is 3. The van der Waals surface area contributed by atoms with Crippen LogP contribution in [-0.2, 0) is 4.79 Å². The second-order valence-corrected chi connectivity index (χ2v) is 4.31. The Balaban J connectivity index is 2.44. The van der Waals surface area contributed by atoms with Crippen molar-refractivity contribution in [2.45, 2.75) is 32.2 Å². The number of nitrogens with one attached hydrogen (secondary N) is 1. The maximum Gasteiger partial charge on any atom is 0.236 e. The van der Waals surface area contributed by atoms with Crippen LogP contribution in [0.2, 0.25) is 0 Å². The summed E-state index contributed by atoms with van der Waals surface area (Å²) in [7, 11) is 1.67. The van der Waals surface area contributed by atoms with Gasteiger partial charge in [-0.1, -0.05) is 0 Å². The van der Waals surface area contributed by atoms with Crippen molar-refractivity contribution in [1.29, 1.82) is 0 Å². The predicted molar refractivity (Wildman–Crippen MR) is 59.5 cm³/mol. The van der Waals surface area contributed by atoms with Crippen molar-refractivity contribution in [2.75, 3.05) is 26.7 Å². The minimum absolute atomic E-state index is 0.0449. The van der Waals surface area contributed by atoms with Crippen LogP contribution in [0.1, 0.15) is 26.2 Å². The first-order valence-corrected chi connectivity index (χ1v) is 5.75. The van der Waals surface area contributed by atoms with Crippen molar-refractivity contribution in [3.05, 3.63) is 0 Å². The van der Waals surface area contributed by atoms with Gasteiger partial charge in [-0.25, -0.2) is 0 Å². The van der Waals surface area contributed by atoms with Crippen LogP contribution >= 0.6 is 0 Å². The van der Waals surface area contributed by atoms with Crippen LogP contribution < -0.4 is 5.32 Å². The van der Waals surface area contributed by atoms with E-state index in [2.05, 4.69) is 10.2 Å². The third-order valence-electron chi connectivity index (χ3n) is 3.26. The fourth-order valence-corrected chi connectivity index (χ4v) is 2.24. The molecule has 2 N–H and O–H groups in total. The Morgan fingerprint density at radius 1 is 1.67 bits per heavy atom. The third-order valence-corrected chi connectivity index (χ3v) is 3.26. The fraction of sp³-hybridized carbons (Fsp3) is 0.909. The van der Waals surface area contributed by atoms with E-state index < -0.39 is 0 Å². The van der Waals surface area contributed by atoms with Gasteiger partial charge in [0.2, 0.25) is 5.91 Å². The molecule has 0 aromatic carbocycles. The summed E-state index contributed by atoms with van der Waals surface area (Å²) in [4.78, 5) is 13.7. The van der Waals surface area contributed by atoms with Crippen molar-refractivity contribution in [3.63, 3.8) is 0 Å². The quantitative estimate of drug-likeness (QED) is 0.703. The van der Waals surface area contributed by atoms with Gasteiger partial charge in [-0.15, -0.1) is 0 Å². The Hall–Kier alpha value is -0.610. The van der Waals surface area contributed by atoms with Gasteiger partial charge in [0.1, 0.15) is 0 Å². The molecule has 0 spiro atoms. The Bertz CT molecular complexity index is 207. The molecule has 0 aromatic rings.